The van der Waals surface area contributed by atoms with Gasteiger partial charge in [-0.3, -0.25) is 9.59 Å². The van der Waals surface area contributed by atoms with E-state index in [1.165, 1.54) is 0 Å². The summed E-state index contributed by atoms with van der Waals surface area (Å²) in [7, 11) is 0. The number of carboxylic acid groups (broad SMARTS) is 1. The van der Waals surface area contributed by atoms with E-state index in [2.05, 4.69) is 6.92 Å². The number of carbonyl (C=O) groups excluding carboxylic acids is 1. The van der Waals surface area contributed by atoms with E-state index in [1.54, 1.807) is 11.8 Å². The molecule has 0 aromatic rings. The van der Waals surface area contributed by atoms with E-state index in [9.17, 15) is 9.59 Å². The van der Waals surface area contributed by atoms with Gasteiger partial charge in [-0.05, 0) is 25.3 Å². The molecule has 116 valence electrons. The first-order valence-electron chi connectivity index (χ1n) is 7.70. The highest BCUT2D eigenvalue weighted by Gasteiger charge is 2.36. The van der Waals surface area contributed by atoms with Crippen molar-refractivity contribution >= 4 is 11.9 Å². The van der Waals surface area contributed by atoms with Gasteiger partial charge in [-0.25, -0.2) is 0 Å². The van der Waals surface area contributed by atoms with E-state index in [1.807, 2.05) is 0 Å². The predicted octanol–water partition coefficient (Wildman–Crippen LogP) is 1.71. The molecule has 0 aliphatic carbocycles. The summed E-state index contributed by atoms with van der Waals surface area (Å²) < 4.78 is 0. The first-order valence-corrected chi connectivity index (χ1v) is 7.70. The van der Waals surface area contributed by atoms with Crippen LogP contribution in [-0.4, -0.2) is 41.5 Å². The third-order valence-corrected chi connectivity index (χ3v) is 4.40. The van der Waals surface area contributed by atoms with Crippen LogP contribution in [-0.2, 0) is 9.59 Å². The van der Waals surface area contributed by atoms with Crippen LogP contribution in [0, 0.1) is 17.8 Å². The molecule has 1 fully saturated rings. The van der Waals surface area contributed by atoms with Gasteiger partial charge >= 0.3 is 5.97 Å². The van der Waals surface area contributed by atoms with Gasteiger partial charge in [0.2, 0.25) is 5.91 Å². The number of amides is 1. The molecule has 1 saturated heterocycles. The Kier molecular flexibility index (Phi) is 6.99. The Hall–Kier alpha value is -1.10. The second-order valence-corrected chi connectivity index (χ2v) is 5.96. The number of nitrogens with two attached hydrogens (primary N) is 1. The monoisotopic (exact) mass is 284 g/mol. The Labute approximate surface area is 121 Å². The largest absolute Gasteiger partial charge is 0.481 e. The van der Waals surface area contributed by atoms with Crippen LogP contribution in [0.15, 0.2) is 0 Å². The lowest BCUT2D eigenvalue weighted by Crippen LogP contribution is -2.53. The Balaban J connectivity index is 2.26. The van der Waals surface area contributed by atoms with Crippen LogP contribution in [0.2, 0.25) is 0 Å². The molecule has 20 heavy (non-hydrogen) atoms. The van der Waals surface area contributed by atoms with Crippen LogP contribution in [0.4, 0.5) is 0 Å². The van der Waals surface area contributed by atoms with Crippen molar-refractivity contribution in [3.05, 3.63) is 0 Å². The number of likely N-dealkylation sites (tertiary alicyclic amines) is 1. The number of hydrogen-bond acceptors (Lipinski definition) is 3. The lowest BCUT2D eigenvalue weighted by atomic mass is 9.86. The average Bonchev–Trinajstić information content (AvgIpc) is 2.34. The van der Waals surface area contributed by atoms with Gasteiger partial charge in [0, 0.05) is 25.4 Å². The molecule has 0 bridgehead atoms. The summed E-state index contributed by atoms with van der Waals surface area (Å²) in [5, 5.41) is 8.92. The van der Waals surface area contributed by atoms with Gasteiger partial charge in [-0.1, -0.05) is 26.7 Å². The van der Waals surface area contributed by atoms with Gasteiger partial charge in [0.15, 0.2) is 0 Å². The zero-order valence-corrected chi connectivity index (χ0v) is 12.7. The lowest BCUT2D eigenvalue weighted by Gasteiger charge is -2.41. The van der Waals surface area contributed by atoms with Gasteiger partial charge in [0.1, 0.15) is 0 Å². The van der Waals surface area contributed by atoms with E-state index in [0.717, 1.165) is 25.7 Å². The molecule has 0 radical (unpaired) electrons. The van der Waals surface area contributed by atoms with E-state index < -0.39 is 5.97 Å². The summed E-state index contributed by atoms with van der Waals surface area (Å²) >= 11 is 0. The molecule has 1 heterocycles. The molecule has 0 saturated carbocycles. The van der Waals surface area contributed by atoms with Gasteiger partial charge in [0.25, 0.3) is 0 Å². The zero-order chi connectivity index (χ0) is 15.1. The first kappa shape index (κ1) is 17.0. The second-order valence-electron chi connectivity index (χ2n) is 5.96. The third-order valence-electron chi connectivity index (χ3n) is 4.40. The third kappa shape index (κ3) is 4.78. The molecule has 1 amide bonds. The Bertz CT molecular complexity index is 321. The van der Waals surface area contributed by atoms with Crippen molar-refractivity contribution in [2.24, 2.45) is 23.5 Å². The highest BCUT2D eigenvalue weighted by molar-refractivity contribution is 5.77. The summed E-state index contributed by atoms with van der Waals surface area (Å²) in [6, 6.07) is 0. The second kappa shape index (κ2) is 8.25. The fourth-order valence-electron chi connectivity index (χ4n) is 2.80. The molecular formula is C15H28N2O3. The predicted molar refractivity (Wildman–Crippen MR) is 78.2 cm³/mol. The van der Waals surface area contributed by atoms with Gasteiger partial charge in [-0.2, -0.15) is 0 Å². The Morgan fingerprint density at radius 3 is 2.45 bits per heavy atom. The molecule has 1 rings (SSSR count). The number of aliphatic carboxylic acids is 1. The summed E-state index contributed by atoms with van der Waals surface area (Å²) in [6.45, 7) is 5.75. The number of hydrogen-bond donors (Lipinski definition) is 2. The molecule has 0 spiro atoms. The van der Waals surface area contributed by atoms with Crippen molar-refractivity contribution in [3.8, 4) is 0 Å². The molecule has 0 aromatic heterocycles. The maximum atomic E-state index is 12.0. The number of carboxylic acids is 1. The minimum atomic E-state index is -0.770. The quantitative estimate of drug-likeness (QED) is 0.675. The summed E-state index contributed by atoms with van der Waals surface area (Å²) in [5.74, 6) is -0.301. The Morgan fingerprint density at radius 2 is 1.95 bits per heavy atom. The Morgan fingerprint density at radius 1 is 1.30 bits per heavy atom. The zero-order valence-electron chi connectivity index (χ0n) is 12.7. The van der Waals surface area contributed by atoms with Gasteiger partial charge in [0.05, 0.1) is 5.92 Å². The molecule has 5 heteroatoms. The minimum Gasteiger partial charge on any atom is -0.481 e. The molecule has 1 aliphatic rings. The van der Waals surface area contributed by atoms with Crippen LogP contribution in [0.1, 0.15) is 46.0 Å². The van der Waals surface area contributed by atoms with Crippen molar-refractivity contribution < 1.29 is 14.7 Å². The van der Waals surface area contributed by atoms with E-state index in [-0.39, 0.29) is 17.7 Å². The summed E-state index contributed by atoms with van der Waals surface area (Å²) in [4.78, 5) is 24.7. The van der Waals surface area contributed by atoms with Crippen molar-refractivity contribution in [1.29, 1.82) is 0 Å². The molecule has 1 aliphatic heterocycles. The summed E-state index contributed by atoms with van der Waals surface area (Å²) in [5.41, 5.74) is 5.59. The molecule has 5 nitrogen and oxygen atoms in total. The van der Waals surface area contributed by atoms with Crippen LogP contribution in [0.3, 0.4) is 0 Å². The topological polar surface area (TPSA) is 83.6 Å². The molecule has 0 aromatic carbocycles. The van der Waals surface area contributed by atoms with Crippen molar-refractivity contribution in [1.82, 2.24) is 4.90 Å². The smallest absolute Gasteiger partial charge is 0.306 e. The maximum absolute atomic E-state index is 12.0. The van der Waals surface area contributed by atoms with Crippen molar-refractivity contribution in [3.63, 3.8) is 0 Å². The van der Waals surface area contributed by atoms with Crippen LogP contribution in [0.25, 0.3) is 0 Å². The van der Waals surface area contributed by atoms with E-state index >= 15 is 0 Å². The van der Waals surface area contributed by atoms with E-state index in [4.69, 9.17) is 10.8 Å². The maximum Gasteiger partial charge on any atom is 0.306 e. The van der Waals surface area contributed by atoms with E-state index in [0.29, 0.717) is 32.0 Å². The SMILES string of the molecule is CCCC(CCN)CCC(=O)N1CC(C(C)C(=O)O)C1. The molecule has 2 unspecified atom stereocenters. The summed E-state index contributed by atoms with van der Waals surface area (Å²) in [6.07, 6.45) is 4.71. The van der Waals surface area contributed by atoms with Crippen LogP contribution in [0.5, 0.6) is 0 Å². The fraction of sp³-hybridized carbons (Fsp3) is 0.867. The molecule has 3 N–H and O–H groups in total. The first-order chi connectivity index (χ1) is 9.49. The highest BCUT2D eigenvalue weighted by atomic mass is 16.4. The normalized spacial score (nSPS) is 18.4. The number of carbonyl (C=O) groups is 2. The minimum absolute atomic E-state index is 0.118. The molecular weight excluding hydrogens is 256 g/mol. The average molecular weight is 284 g/mol. The number of nitrogens with zero attached hydrogens (tertiary/aromatic N) is 1. The highest BCUT2D eigenvalue weighted by Crippen LogP contribution is 2.26. The van der Waals surface area contributed by atoms with Gasteiger partial charge < -0.3 is 15.7 Å². The van der Waals surface area contributed by atoms with Crippen molar-refractivity contribution in [2.45, 2.75) is 46.0 Å². The molecule has 2 atom stereocenters. The van der Waals surface area contributed by atoms with Crippen molar-refractivity contribution in [2.75, 3.05) is 19.6 Å². The van der Waals surface area contributed by atoms with Crippen LogP contribution < -0.4 is 5.73 Å². The fourth-order valence-corrected chi connectivity index (χ4v) is 2.80. The number of rotatable bonds is 9. The van der Waals surface area contributed by atoms with Crippen LogP contribution >= 0.6 is 0 Å². The van der Waals surface area contributed by atoms with Gasteiger partial charge in [-0.15, -0.1) is 0 Å². The standard InChI is InChI=1S/C15H28N2O3/c1-3-4-12(7-8-16)5-6-14(18)17-9-13(10-17)11(2)15(19)20/h11-13H,3-10,16H2,1-2H3,(H,19,20). The lowest BCUT2D eigenvalue weighted by molar-refractivity contribution is -0.150.